The molecule has 1 atom stereocenters. The lowest BCUT2D eigenvalue weighted by atomic mass is 10.3. The molecule has 0 aromatic carbocycles. The molecule has 6 heteroatoms. The fourth-order valence-corrected chi connectivity index (χ4v) is 0.761. The monoisotopic (exact) mass is 184 g/mol. The van der Waals surface area contributed by atoms with Gasteiger partial charge in [-0.3, -0.25) is 4.79 Å². The molecule has 0 radical (unpaired) electrons. The minimum absolute atomic E-state index is 0.177. The Balaban J connectivity index is 2.18. The van der Waals surface area contributed by atoms with Gasteiger partial charge in [-0.15, -0.1) is 0 Å². The van der Waals surface area contributed by atoms with E-state index in [2.05, 4.69) is 20.0 Å². The predicted molar refractivity (Wildman–Crippen MR) is 44.7 cm³/mol. The molecular formula is C7H12N4O2. The van der Waals surface area contributed by atoms with Gasteiger partial charge in [0.05, 0.1) is 6.04 Å². The minimum atomic E-state index is -0.481. The highest BCUT2D eigenvalue weighted by Crippen LogP contribution is 1.88. The normalized spacial score (nSPS) is 12.5. The molecule has 3 N–H and O–H groups in total. The average Bonchev–Trinajstić information content (AvgIpc) is 2.56. The summed E-state index contributed by atoms with van der Waals surface area (Å²) < 4.78 is 4.52. The van der Waals surface area contributed by atoms with Crippen LogP contribution in [0.5, 0.6) is 0 Å². The topological polar surface area (TPSA) is 94.0 Å². The molecule has 0 saturated heterocycles. The van der Waals surface area contributed by atoms with Crippen LogP contribution >= 0.6 is 0 Å². The van der Waals surface area contributed by atoms with Crippen molar-refractivity contribution in [3.8, 4) is 0 Å². The van der Waals surface area contributed by atoms with Crippen LogP contribution in [0.1, 0.15) is 12.7 Å². The molecule has 0 unspecified atom stereocenters. The fraction of sp³-hybridized carbons (Fsp3) is 0.571. The molecule has 1 amide bonds. The summed E-state index contributed by atoms with van der Waals surface area (Å²) in [5, 5.41) is 6.22. The number of hydrogen-bond donors (Lipinski definition) is 2. The van der Waals surface area contributed by atoms with Gasteiger partial charge >= 0.3 is 0 Å². The Hall–Kier alpha value is -1.43. The summed E-state index contributed by atoms with van der Waals surface area (Å²) in [4.78, 5) is 14.8. The molecule has 1 heterocycles. The average molecular weight is 184 g/mol. The van der Waals surface area contributed by atoms with Gasteiger partial charge in [-0.25, -0.2) is 0 Å². The number of amides is 1. The molecule has 0 aliphatic rings. The summed E-state index contributed by atoms with van der Waals surface area (Å²) in [6.07, 6.45) is 1.80. The van der Waals surface area contributed by atoms with Crippen molar-refractivity contribution in [1.29, 1.82) is 0 Å². The maximum Gasteiger partial charge on any atom is 0.236 e. The number of aromatic nitrogens is 2. The second-order valence-corrected chi connectivity index (χ2v) is 2.68. The minimum Gasteiger partial charge on any atom is -0.354 e. The van der Waals surface area contributed by atoms with E-state index >= 15 is 0 Å². The zero-order chi connectivity index (χ0) is 9.68. The van der Waals surface area contributed by atoms with E-state index in [4.69, 9.17) is 5.73 Å². The van der Waals surface area contributed by atoms with Gasteiger partial charge in [0.2, 0.25) is 12.3 Å². The third kappa shape index (κ3) is 3.20. The fourth-order valence-electron chi connectivity index (χ4n) is 0.761. The molecule has 0 spiro atoms. The molecule has 1 aromatic rings. The highest BCUT2D eigenvalue weighted by atomic mass is 16.5. The molecule has 0 aliphatic heterocycles. The van der Waals surface area contributed by atoms with Gasteiger partial charge in [0.15, 0.2) is 5.82 Å². The number of nitrogens with one attached hydrogen (secondary N) is 1. The third-order valence-electron chi connectivity index (χ3n) is 1.47. The zero-order valence-electron chi connectivity index (χ0n) is 7.36. The summed E-state index contributed by atoms with van der Waals surface area (Å²) in [7, 11) is 0. The van der Waals surface area contributed by atoms with E-state index in [9.17, 15) is 4.79 Å². The van der Waals surface area contributed by atoms with Gasteiger partial charge in [-0.1, -0.05) is 5.16 Å². The van der Waals surface area contributed by atoms with Gasteiger partial charge in [-0.2, -0.15) is 4.98 Å². The first kappa shape index (κ1) is 9.66. The number of carbonyl (C=O) groups excluding carboxylic acids is 1. The van der Waals surface area contributed by atoms with Crippen LogP contribution in [-0.2, 0) is 11.2 Å². The van der Waals surface area contributed by atoms with E-state index in [1.165, 1.54) is 6.39 Å². The zero-order valence-corrected chi connectivity index (χ0v) is 7.36. The van der Waals surface area contributed by atoms with Gasteiger partial charge in [0, 0.05) is 13.0 Å². The van der Waals surface area contributed by atoms with Crippen LogP contribution in [0.4, 0.5) is 0 Å². The summed E-state index contributed by atoms with van der Waals surface area (Å²) in [5.74, 6) is 0.397. The molecule has 1 rings (SSSR count). The van der Waals surface area contributed by atoms with E-state index < -0.39 is 6.04 Å². The first-order valence-electron chi connectivity index (χ1n) is 3.98. The second kappa shape index (κ2) is 4.56. The van der Waals surface area contributed by atoms with E-state index in [1.807, 2.05) is 0 Å². The maximum absolute atomic E-state index is 11.0. The Morgan fingerprint density at radius 2 is 2.62 bits per heavy atom. The van der Waals surface area contributed by atoms with Crippen molar-refractivity contribution >= 4 is 5.91 Å². The molecular weight excluding hydrogens is 172 g/mol. The predicted octanol–water partition coefficient (Wildman–Crippen LogP) is -0.924. The van der Waals surface area contributed by atoms with E-state index in [0.29, 0.717) is 18.8 Å². The molecule has 0 fully saturated rings. The first-order valence-corrected chi connectivity index (χ1v) is 3.98. The Morgan fingerprint density at radius 1 is 1.85 bits per heavy atom. The maximum atomic E-state index is 11.0. The Kier molecular flexibility index (Phi) is 3.39. The molecule has 6 nitrogen and oxygen atoms in total. The number of nitrogens with zero attached hydrogens (tertiary/aromatic N) is 2. The van der Waals surface area contributed by atoms with Crippen LogP contribution in [0.25, 0.3) is 0 Å². The van der Waals surface area contributed by atoms with Crippen molar-refractivity contribution in [3.05, 3.63) is 12.2 Å². The molecule has 72 valence electrons. The van der Waals surface area contributed by atoms with Crippen LogP contribution in [-0.4, -0.2) is 28.6 Å². The summed E-state index contributed by atoms with van der Waals surface area (Å²) in [5.41, 5.74) is 5.33. The lowest BCUT2D eigenvalue weighted by molar-refractivity contribution is -0.121. The van der Waals surface area contributed by atoms with Crippen LogP contribution in [0.2, 0.25) is 0 Å². The Morgan fingerprint density at radius 3 is 3.15 bits per heavy atom. The third-order valence-corrected chi connectivity index (χ3v) is 1.47. The summed E-state index contributed by atoms with van der Waals surface area (Å²) in [6.45, 7) is 2.10. The van der Waals surface area contributed by atoms with Crippen molar-refractivity contribution in [2.24, 2.45) is 5.73 Å². The quantitative estimate of drug-likeness (QED) is 0.630. The lowest BCUT2D eigenvalue weighted by Crippen LogP contribution is -2.39. The van der Waals surface area contributed by atoms with Crippen LogP contribution in [0, 0.1) is 0 Å². The van der Waals surface area contributed by atoms with E-state index in [-0.39, 0.29) is 5.91 Å². The summed E-state index contributed by atoms with van der Waals surface area (Å²) in [6, 6.07) is -0.481. The molecule has 0 bridgehead atoms. The van der Waals surface area contributed by atoms with Crippen LogP contribution < -0.4 is 11.1 Å². The second-order valence-electron chi connectivity index (χ2n) is 2.68. The molecule has 0 saturated carbocycles. The van der Waals surface area contributed by atoms with Crippen LogP contribution in [0.15, 0.2) is 10.9 Å². The number of nitrogens with two attached hydrogens (primary N) is 1. The first-order chi connectivity index (χ1) is 6.20. The molecule has 1 aromatic heterocycles. The highest BCUT2D eigenvalue weighted by molar-refractivity contribution is 5.80. The van der Waals surface area contributed by atoms with Crippen molar-refractivity contribution in [1.82, 2.24) is 15.5 Å². The number of hydrogen-bond acceptors (Lipinski definition) is 5. The summed E-state index contributed by atoms with van der Waals surface area (Å²) >= 11 is 0. The van der Waals surface area contributed by atoms with Crippen molar-refractivity contribution in [2.75, 3.05) is 6.54 Å². The van der Waals surface area contributed by atoms with Gasteiger partial charge in [0.25, 0.3) is 0 Å². The van der Waals surface area contributed by atoms with Gasteiger partial charge in [-0.05, 0) is 6.92 Å². The highest BCUT2D eigenvalue weighted by Gasteiger charge is 2.06. The van der Waals surface area contributed by atoms with E-state index in [0.717, 1.165) is 0 Å². The Labute approximate surface area is 75.5 Å². The van der Waals surface area contributed by atoms with Crippen molar-refractivity contribution < 1.29 is 9.32 Å². The number of carbonyl (C=O) groups is 1. The standard InChI is InChI=1S/C7H12N4O2/c1-5(8)7(12)9-3-2-6-10-4-13-11-6/h4-5H,2-3,8H2,1H3,(H,9,12)/t5-/m0/s1. The lowest BCUT2D eigenvalue weighted by Gasteiger charge is -2.05. The van der Waals surface area contributed by atoms with Crippen molar-refractivity contribution in [3.63, 3.8) is 0 Å². The smallest absolute Gasteiger partial charge is 0.236 e. The SMILES string of the molecule is C[C@H](N)C(=O)NCCc1ncon1. The van der Waals surface area contributed by atoms with Crippen molar-refractivity contribution in [2.45, 2.75) is 19.4 Å². The molecule has 0 aliphatic carbocycles. The van der Waals surface area contributed by atoms with Crippen LogP contribution in [0.3, 0.4) is 0 Å². The molecule has 13 heavy (non-hydrogen) atoms. The van der Waals surface area contributed by atoms with Gasteiger partial charge < -0.3 is 15.6 Å². The van der Waals surface area contributed by atoms with Gasteiger partial charge in [0.1, 0.15) is 0 Å². The Bertz CT molecular complexity index is 257. The largest absolute Gasteiger partial charge is 0.354 e. The number of rotatable bonds is 4. The van der Waals surface area contributed by atoms with E-state index in [1.54, 1.807) is 6.92 Å².